The molecular formula is C5H10ClN. The van der Waals surface area contributed by atoms with Gasteiger partial charge in [-0.15, -0.1) is 11.6 Å². The zero-order valence-corrected chi connectivity index (χ0v) is 5.20. The summed E-state index contributed by atoms with van der Waals surface area (Å²) in [5.41, 5.74) is 5.67. The van der Waals surface area contributed by atoms with Crippen LogP contribution in [-0.2, 0) is 0 Å². The standard InChI is InChI=1S/C5H10ClN/c1-5(3-7)2-4(5)6/h4H,2-3,7H2,1H3/t4-,5+/m0/s1. The van der Waals surface area contributed by atoms with Crippen molar-refractivity contribution in [3.63, 3.8) is 0 Å². The molecule has 1 saturated carbocycles. The van der Waals surface area contributed by atoms with Crippen molar-refractivity contribution >= 4 is 11.6 Å². The third-order valence-corrected chi connectivity index (χ3v) is 2.39. The van der Waals surface area contributed by atoms with Crippen LogP contribution in [0.5, 0.6) is 0 Å². The molecule has 1 aliphatic rings. The third kappa shape index (κ3) is 0.752. The van der Waals surface area contributed by atoms with E-state index in [1.165, 1.54) is 0 Å². The van der Waals surface area contributed by atoms with Crippen LogP contribution in [0.15, 0.2) is 0 Å². The van der Waals surface area contributed by atoms with Crippen LogP contribution in [0.2, 0.25) is 0 Å². The fraction of sp³-hybridized carbons (Fsp3) is 1.00. The van der Waals surface area contributed by atoms with E-state index >= 15 is 0 Å². The second-order valence-electron chi connectivity index (χ2n) is 2.53. The summed E-state index contributed by atoms with van der Waals surface area (Å²) in [4.78, 5) is 0. The van der Waals surface area contributed by atoms with Gasteiger partial charge in [-0.2, -0.15) is 0 Å². The van der Waals surface area contributed by atoms with E-state index in [2.05, 4.69) is 6.92 Å². The summed E-state index contributed by atoms with van der Waals surface area (Å²) >= 11 is 5.71. The minimum atomic E-state index is 0.293. The van der Waals surface area contributed by atoms with Gasteiger partial charge in [-0.05, 0) is 18.4 Å². The second kappa shape index (κ2) is 1.36. The lowest BCUT2D eigenvalue weighted by Gasteiger charge is -1.99. The predicted molar refractivity (Wildman–Crippen MR) is 31.4 cm³/mol. The molecule has 2 heteroatoms. The van der Waals surface area contributed by atoms with Gasteiger partial charge in [0.25, 0.3) is 0 Å². The molecule has 0 bridgehead atoms. The molecule has 0 aromatic rings. The summed E-state index contributed by atoms with van der Waals surface area (Å²) in [7, 11) is 0. The van der Waals surface area contributed by atoms with Crippen LogP contribution in [0, 0.1) is 5.41 Å². The van der Waals surface area contributed by atoms with Crippen LogP contribution >= 0.6 is 11.6 Å². The van der Waals surface area contributed by atoms with Crippen LogP contribution in [0.4, 0.5) is 0 Å². The highest BCUT2D eigenvalue weighted by Gasteiger charge is 2.47. The summed E-state index contributed by atoms with van der Waals surface area (Å²) in [6.07, 6.45) is 1.10. The van der Waals surface area contributed by atoms with Crippen LogP contribution in [0.1, 0.15) is 13.3 Å². The minimum absolute atomic E-state index is 0.293. The summed E-state index contributed by atoms with van der Waals surface area (Å²) in [5, 5.41) is 0.359. The van der Waals surface area contributed by atoms with Gasteiger partial charge in [0.2, 0.25) is 0 Å². The SMILES string of the molecule is C[C@]1(CN)C[C@@H]1Cl. The lowest BCUT2D eigenvalue weighted by Crippen LogP contribution is -2.13. The quantitative estimate of drug-likeness (QED) is 0.512. The maximum atomic E-state index is 5.71. The smallest absolute Gasteiger partial charge is 0.0408 e. The second-order valence-corrected chi connectivity index (χ2v) is 3.06. The van der Waals surface area contributed by atoms with Gasteiger partial charge in [-0.1, -0.05) is 6.92 Å². The van der Waals surface area contributed by atoms with Crippen LogP contribution < -0.4 is 5.73 Å². The van der Waals surface area contributed by atoms with E-state index in [4.69, 9.17) is 17.3 Å². The first-order chi connectivity index (χ1) is 3.19. The van der Waals surface area contributed by atoms with E-state index in [9.17, 15) is 0 Å². The Labute approximate surface area is 48.8 Å². The Bertz CT molecular complexity index is 80.1. The van der Waals surface area contributed by atoms with Crippen molar-refractivity contribution in [3.8, 4) is 0 Å². The largest absolute Gasteiger partial charge is 0.330 e. The summed E-state index contributed by atoms with van der Waals surface area (Å²) in [6, 6.07) is 0. The van der Waals surface area contributed by atoms with Crippen molar-refractivity contribution in [2.24, 2.45) is 11.1 Å². The molecule has 1 aliphatic carbocycles. The molecule has 0 aromatic carbocycles. The van der Waals surface area contributed by atoms with Crippen molar-refractivity contribution in [1.82, 2.24) is 0 Å². The van der Waals surface area contributed by atoms with E-state index in [0.717, 1.165) is 13.0 Å². The molecule has 0 radical (unpaired) electrons. The lowest BCUT2D eigenvalue weighted by molar-refractivity contribution is 0.591. The highest BCUT2D eigenvalue weighted by molar-refractivity contribution is 6.23. The molecule has 2 N–H and O–H groups in total. The molecule has 0 amide bonds. The van der Waals surface area contributed by atoms with Gasteiger partial charge >= 0.3 is 0 Å². The van der Waals surface area contributed by atoms with E-state index in [1.807, 2.05) is 0 Å². The van der Waals surface area contributed by atoms with E-state index in [-0.39, 0.29) is 0 Å². The third-order valence-electron chi connectivity index (χ3n) is 1.71. The Balaban J connectivity index is 2.36. The van der Waals surface area contributed by atoms with Crippen LogP contribution in [-0.4, -0.2) is 11.9 Å². The Morgan fingerprint density at radius 3 is 2.43 bits per heavy atom. The highest BCUT2D eigenvalue weighted by atomic mass is 35.5. The zero-order valence-electron chi connectivity index (χ0n) is 4.45. The normalized spacial score (nSPS) is 49.3. The molecule has 0 aliphatic heterocycles. The average Bonchev–Trinajstić information content (AvgIpc) is 2.18. The van der Waals surface area contributed by atoms with Crippen molar-refractivity contribution in [2.45, 2.75) is 18.7 Å². The van der Waals surface area contributed by atoms with Gasteiger partial charge < -0.3 is 5.73 Å². The summed E-state index contributed by atoms with van der Waals surface area (Å²) < 4.78 is 0. The average molecular weight is 120 g/mol. The molecule has 42 valence electrons. The number of hydrogen-bond acceptors (Lipinski definition) is 1. The van der Waals surface area contributed by atoms with E-state index < -0.39 is 0 Å². The Morgan fingerprint density at radius 1 is 2.00 bits per heavy atom. The molecule has 7 heavy (non-hydrogen) atoms. The fourth-order valence-corrected chi connectivity index (χ4v) is 1.00. The molecule has 0 aromatic heterocycles. The molecule has 1 rings (SSSR count). The molecule has 1 nitrogen and oxygen atoms in total. The molecule has 0 unspecified atom stereocenters. The van der Waals surface area contributed by atoms with Gasteiger partial charge in [-0.25, -0.2) is 0 Å². The molecule has 0 heterocycles. The van der Waals surface area contributed by atoms with Gasteiger partial charge in [0.1, 0.15) is 0 Å². The van der Waals surface area contributed by atoms with E-state index in [1.54, 1.807) is 0 Å². The first kappa shape index (κ1) is 5.39. The Morgan fingerprint density at radius 2 is 2.43 bits per heavy atom. The topological polar surface area (TPSA) is 26.0 Å². The van der Waals surface area contributed by atoms with Gasteiger partial charge in [-0.3, -0.25) is 0 Å². The predicted octanol–water partition coefficient (Wildman–Crippen LogP) is 0.963. The summed E-state index contributed by atoms with van der Waals surface area (Å²) in [5.74, 6) is 0. The Hall–Kier alpha value is 0.250. The maximum absolute atomic E-state index is 5.71. The molecular weight excluding hydrogens is 110 g/mol. The number of rotatable bonds is 1. The Kier molecular flexibility index (Phi) is 1.05. The van der Waals surface area contributed by atoms with Crippen molar-refractivity contribution in [1.29, 1.82) is 0 Å². The highest BCUT2D eigenvalue weighted by Crippen LogP contribution is 2.48. The monoisotopic (exact) mass is 119 g/mol. The van der Waals surface area contributed by atoms with Gasteiger partial charge in [0.05, 0.1) is 0 Å². The maximum Gasteiger partial charge on any atom is 0.0408 e. The van der Waals surface area contributed by atoms with Crippen molar-refractivity contribution in [2.75, 3.05) is 6.54 Å². The number of nitrogens with two attached hydrogens (primary N) is 1. The minimum Gasteiger partial charge on any atom is -0.330 e. The first-order valence-corrected chi connectivity index (χ1v) is 2.97. The van der Waals surface area contributed by atoms with Crippen molar-refractivity contribution < 1.29 is 0 Å². The molecule has 2 atom stereocenters. The number of alkyl halides is 1. The molecule has 0 saturated heterocycles. The zero-order chi connectivity index (χ0) is 5.49. The molecule has 1 fully saturated rings. The van der Waals surface area contributed by atoms with Gasteiger partial charge in [0.15, 0.2) is 0 Å². The molecule has 0 spiro atoms. The van der Waals surface area contributed by atoms with Crippen LogP contribution in [0.25, 0.3) is 0 Å². The number of halogens is 1. The lowest BCUT2D eigenvalue weighted by atomic mass is 10.1. The first-order valence-electron chi connectivity index (χ1n) is 2.53. The van der Waals surface area contributed by atoms with Gasteiger partial charge in [0, 0.05) is 5.38 Å². The van der Waals surface area contributed by atoms with Crippen molar-refractivity contribution in [3.05, 3.63) is 0 Å². The summed E-state index contributed by atoms with van der Waals surface area (Å²) in [6.45, 7) is 2.85. The van der Waals surface area contributed by atoms with Crippen LogP contribution in [0.3, 0.4) is 0 Å². The van der Waals surface area contributed by atoms with E-state index in [0.29, 0.717) is 10.8 Å². The fourth-order valence-electron chi connectivity index (χ4n) is 0.562. The number of hydrogen-bond donors (Lipinski definition) is 1.